The first kappa shape index (κ1) is 15.5. The Morgan fingerprint density at radius 2 is 2.08 bits per heavy atom. The molecule has 2 aromatic rings. The summed E-state index contributed by atoms with van der Waals surface area (Å²) in [4.78, 5) is 26.3. The molecule has 0 aliphatic carbocycles. The molecule has 2 aliphatic heterocycles. The van der Waals surface area contributed by atoms with Gasteiger partial charge in [0.2, 0.25) is 11.8 Å². The Labute approximate surface area is 145 Å². The number of benzene rings is 2. The van der Waals surface area contributed by atoms with Crippen molar-refractivity contribution in [3.05, 3.63) is 48.0 Å². The van der Waals surface area contributed by atoms with Gasteiger partial charge >= 0.3 is 0 Å². The van der Waals surface area contributed by atoms with Crippen molar-refractivity contribution in [2.45, 2.75) is 37.2 Å². The van der Waals surface area contributed by atoms with Crippen molar-refractivity contribution < 1.29 is 9.59 Å². The van der Waals surface area contributed by atoms with Gasteiger partial charge in [0.1, 0.15) is 6.04 Å². The molecule has 2 atom stereocenters. The second-order valence-electron chi connectivity index (χ2n) is 6.66. The van der Waals surface area contributed by atoms with Gasteiger partial charge in [0, 0.05) is 18.7 Å². The minimum Gasteiger partial charge on any atom is -0.350 e. The third kappa shape index (κ3) is 2.57. The Hall–Kier alpha value is -2.01. The van der Waals surface area contributed by atoms with Gasteiger partial charge in [-0.2, -0.15) is 0 Å². The van der Waals surface area contributed by atoms with Gasteiger partial charge in [-0.15, -0.1) is 11.8 Å². The summed E-state index contributed by atoms with van der Waals surface area (Å²) in [5.41, 5.74) is 1.07. The van der Waals surface area contributed by atoms with Crippen LogP contribution in [0.25, 0.3) is 10.8 Å². The highest BCUT2D eigenvalue weighted by atomic mass is 32.2. The van der Waals surface area contributed by atoms with E-state index in [0.717, 1.165) is 12.0 Å². The highest BCUT2D eigenvalue weighted by Crippen LogP contribution is 2.47. The van der Waals surface area contributed by atoms with Crippen LogP contribution in [0.3, 0.4) is 0 Å². The minimum atomic E-state index is -0.338. The summed E-state index contributed by atoms with van der Waals surface area (Å²) in [6.07, 6.45) is 1.39. The van der Waals surface area contributed by atoms with Crippen molar-refractivity contribution >= 4 is 34.3 Å². The highest BCUT2D eigenvalue weighted by molar-refractivity contribution is 8.01. The van der Waals surface area contributed by atoms with Crippen LogP contribution < -0.4 is 5.32 Å². The molecule has 4 rings (SSSR count). The number of amides is 2. The number of carbonyl (C=O) groups is 2. The van der Waals surface area contributed by atoms with E-state index in [9.17, 15) is 9.59 Å². The molecule has 0 radical (unpaired) electrons. The maximum absolute atomic E-state index is 12.6. The van der Waals surface area contributed by atoms with Gasteiger partial charge in [-0.05, 0) is 35.7 Å². The molecule has 2 heterocycles. The molecule has 0 aromatic heterocycles. The van der Waals surface area contributed by atoms with E-state index in [1.807, 2.05) is 18.2 Å². The zero-order chi connectivity index (χ0) is 16.7. The quantitative estimate of drug-likeness (QED) is 0.935. The first-order valence-electron chi connectivity index (χ1n) is 8.28. The maximum Gasteiger partial charge on any atom is 0.243 e. The molecule has 2 saturated heterocycles. The summed E-state index contributed by atoms with van der Waals surface area (Å²) in [7, 11) is 0. The third-order valence-corrected chi connectivity index (χ3v) is 6.53. The van der Waals surface area contributed by atoms with Gasteiger partial charge in [-0.3, -0.25) is 9.59 Å². The van der Waals surface area contributed by atoms with Crippen molar-refractivity contribution in [2.75, 3.05) is 5.75 Å². The van der Waals surface area contributed by atoms with Crippen LogP contribution >= 0.6 is 11.8 Å². The average Bonchev–Trinajstić information content (AvgIpc) is 3.09. The van der Waals surface area contributed by atoms with Crippen LogP contribution in [-0.4, -0.2) is 33.4 Å². The fraction of sp³-hybridized carbons (Fsp3) is 0.368. The monoisotopic (exact) mass is 340 g/mol. The van der Waals surface area contributed by atoms with Crippen molar-refractivity contribution in [1.82, 2.24) is 10.2 Å². The lowest BCUT2D eigenvalue weighted by Crippen LogP contribution is -2.49. The number of thioether (sulfide) groups is 1. The van der Waals surface area contributed by atoms with Crippen molar-refractivity contribution in [3.8, 4) is 0 Å². The molecule has 2 fully saturated rings. The molecule has 2 aliphatic rings. The van der Waals surface area contributed by atoms with Crippen molar-refractivity contribution in [3.63, 3.8) is 0 Å². The fourth-order valence-corrected chi connectivity index (χ4v) is 5.10. The zero-order valence-corrected chi connectivity index (χ0v) is 14.4. The first-order chi connectivity index (χ1) is 11.6. The van der Waals surface area contributed by atoms with Crippen LogP contribution in [0.1, 0.15) is 25.3 Å². The Balaban J connectivity index is 1.45. The first-order valence-corrected chi connectivity index (χ1v) is 9.27. The van der Waals surface area contributed by atoms with Gasteiger partial charge in [-0.25, -0.2) is 0 Å². The number of fused-ring (bicyclic) bond motifs is 2. The van der Waals surface area contributed by atoms with Crippen LogP contribution in [-0.2, 0) is 16.1 Å². The third-order valence-electron chi connectivity index (χ3n) is 5.03. The lowest BCUT2D eigenvalue weighted by atomic mass is 10.1. The molecule has 2 amide bonds. The topological polar surface area (TPSA) is 49.4 Å². The number of nitrogens with zero attached hydrogens (tertiary/aromatic N) is 1. The van der Waals surface area contributed by atoms with Crippen molar-refractivity contribution in [2.24, 2.45) is 0 Å². The van der Waals surface area contributed by atoms with E-state index in [1.54, 1.807) is 16.7 Å². The van der Waals surface area contributed by atoms with Gasteiger partial charge in [0.05, 0.1) is 4.87 Å². The number of nitrogens with one attached hydrogen (secondary N) is 1. The molecule has 2 aromatic carbocycles. The second-order valence-corrected chi connectivity index (χ2v) is 8.17. The molecule has 24 heavy (non-hydrogen) atoms. The standard InChI is InChI=1S/C19H20N2O2S/c1-19-9-8-17(22)21(19)16(12-24-19)18(23)20-11-13-6-7-14-4-2-3-5-15(14)10-13/h2-7,10,16H,8-9,11-12H2,1H3,(H,20,23). The van der Waals surface area contributed by atoms with E-state index in [2.05, 4.69) is 36.5 Å². The van der Waals surface area contributed by atoms with Gasteiger partial charge in [-0.1, -0.05) is 36.4 Å². The molecule has 124 valence electrons. The zero-order valence-electron chi connectivity index (χ0n) is 13.6. The van der Waals surface area contributed by atoms with E-state index in [4.69, 9.17) is 0 Å². The predicted octanol–water partition coefficient (Wildman–Crippen LogP) is 2.91. The molecule has 1 N–H and O–H groups in total. The van der Waals surface area contributed by atoms with Crippen LogP contribution in [0.2, 0.25) is 0 Å². The Morgan fingerprint density at radius 1 is 1.29 bits per heavy atom. The summed E-state index contributed by atoms with van der Waals surface area (Å²) < 4.78 is 0. The van der Waals surface area contributed by atoms with Gasteiger partial charge in [0.15, 0.2) is 0 Å². The fourth-order valence-electron chi connectivity index (χ4n) is 3.67. The molecule has 4 nitrogen and oxygen atoms in total. The molecule has 5 heteroatoms. The SMILES string of the molecule is CC12CCC(=O)N1C(C(=O)NCc1ccc3ccccc3c1)CS2. The van der Waals surface area contributed by atoms with Crippen LogP contribution in [0, 0.1) is 0 Å². The molecule has 0 bridgehead atoms. The van der Waals surface area contributed by atoms with Gasteiger partial charge < -0.3 is 10.2 Å². The molecular formula is C19H20N2O2S. The van der Waals surface area contributed by atoms with Crippen molar-refractivity contribution in [1.29, 1.82) is 0 Å². The minimum absolute atomic E-state index is 0.0466. The molecule has 2 unspecified atom stereocenters. The maximum atomic E-state index is 12.6. The van der Waals surface area contributed by atoms with Crippen LogP contribution in [0.15, 0.2) is 42.5 Å². The average molecular weight is 340 g/mol. The molecule has 0 saturated carbocycles. The Morgan fingerprint density at radius 3 is 2.92 bits per heavy atom. The van der Waals surface area contributed by atoms with E-state index < -0.39 is 0 Å². The lowest BCUT2D eigenvalue weighted by molar-refractivity contribution is -0.138. The van der Waals surface area contributed by atoms with E-state index >= 15 is 0 Å². The largest absolute Gasteiger partial charge is 0.350 e. The predicted molar refractivity (Wildman–Crippen MR) is 96.5 cm³/mol. The Kier molecular flexibility index (Phi) is 3.76. The normalized spacial score (nSPS) is 26.0. The summed E-state index contributed by atoms with van der Waals surface area (Å²) >= 11 is 1.72. The summed E-state index contributed by atoms with van der Waals surface area (Å²) in [5, 5.41) is 5.37. The van der Waals surface area contributed by atoms with E-state index in [1.165, 1.54) is 10.8 Å². The summed E-state index contributed by atoms with van der Waals surface area (Å²) in [6, 6.07) is 14.1. The molecular weight excluding hydrogens is 320 g/mol. The highest BCUT2D eigenvalue weighted by Gasteiger charge is 2.52. The molecule has 0 spiro atoms. The number of rotatable bonds is 3. The lowest BCUT2D eigenvalue weighted by Gasteiger charge is -2.29. The summed E-state index contributed by atoms with van der Waals surface area (Å²) in [5.74, 6) is 0.745. The Bertz CT molecular complexity index is 822. The summed E-state index contributed by atoms with van der Waals surface area (Å²) in [6.45, 7) is 2.56. The second kappa shape index (κ2) is 5.81. The van der Waals surface area contributed by atoms with Crippen LogP contribution in [0.4, 0.5) is 0 Å². The van der Waals surface area contributed by atoms with Gasteiger partial charge in [0.25, 0.3) is 0 Å². The van der Waals surface area contributed by atoms with E-state index in [-0.39, 0.29) is 22.7 Å². The van der Waals surface area contributed by atoms with Crippen LogP contribution in [0.5, 0.6) is 0 Å². The smallest absolute Gasteiger partial charge is 0.243 e. The van der Waals surface area contributed by atoms with E-state index in [0.29, 0.717) is 18.7 Å². The number of carbonyl (C=O) groups excluding carboxylic acids is 2. The number of hydrogen-bond donors (Lipinski definition) is 1. The number of hydrogen-bond acceptors (Lipinski definition) is 3.